The van der Waals surface area contributed by atoms with E-state index in [2.05, 4.69) is 10.3 Å². The number of aryl methyl sites for hydroxylation is 1. The third-order valence-electron chi connectivity index (χ3n) is 2.50. The fourth-order valence-corrected chi connectivity index (χ4v) is 2.32. The van der Waals surface area contributed by atoms with Crippen molar-refractivity contribution in [2.24, 2.45) is 0 Å². The van der Waals surface area contributed by atoms with Gasteiger partial charge in [0.2, 0.25) is 5.82 Å². The van der Waals surface area contributed by atoms with Crippen LogP contribution in [-0.2, 0) is 6.54 Å². The minimum Gasteiger partial charge on any atom is -0.378 e. The van der Waals surface area contributed by atoms with Crippen LogP contribution in [0.15, 0.2) is 23.6 Å². The molecular weight excluding hydrogens is 252 g/mol. The zero-order valence-corrected chi connectivity index (χ0v) is 10.5. The maximum atomic E-state index is 10.6. The van der Waals surface area contributed by atoms with Crippen molar-refractivity contribution < 1.29 is 4.92 Å². The Morgan fingerprint density at radius 1 is 1.50 bits per heavy atom. The van der Waals surface area contributed by atoms with Gasteiger partial charge in [-0.15, -0.1) is 11.3 Å². The summed E-state index contributed by atoms with van der Waals surface area (Å²) < 4.78 is 0. The Labute approximate surface area is 108 Å². The first-order valence-electron chi connectivity index (χ1n) is 5.25. The molecule has 0 unspecified atom stereocenters. The van der Waals surface area contributed by atoms with Gasteiger partial charge in [0, 0.05) is 10.9 Å². The molecule has 0 amide bonds. The Morgan fingerprint density at radius 2 is 2.28 bits per heavy atom. The minimum absolute atomic E-state index is 0.0760. The molecule has 2 aromatic heterocycles. The number of nitro groups is 1. The van der Waals surface area contributed by atoms with E-state index in [4.69, 9.17) is 5.73 Å². The molecule has 0 saturated carbocycles. The van der Waals surface area contributed by atoms with Crippen LogP contribution in [0.25, 0.3) is 0 Å². The van der Waals surface area contributed by atoms with Gasteiger partial charge in [-0.25, -0.2) is 4.98 Å². The first-order chi connectivity index (χ1) is 8.58. The molecule has 0 fully saturated rings. The number of thiophene rings is 1. The van der Waals surface area contributed by atoms with Crippen LogP contribution in [0.1, 0.15) is 10.4 Å². The Morgan fingerprint density at radius 3 is 2.83 bits per heavy atom. The second-order valence-electron chi connectivity index (χ2n) is 3.74. The highest BCUT2D eigenvalue weighted by atomic mass is 32.1. The average Bonchev–Trinajstić information content (AvgIpc) is 2.72. The van der Waals surface area contributed by atoms with Crippen molar-refractivity contribution in [3.05, 3.63) is 44.1 Å². The van der Waals surface area contributed by atoms with Gasteiger partial charge in [0.15, 0.2) is 0 Å². The number of aromatic nitrogens is 1. The Balaban J connectivity index is 2.09. The predicted molar refractivity (Wildman–Crippen MR) is 71.7 cm³/mol. The largest absolute Gasteiger partial charge is 0.378 e. The van der Waals surface area contributed by atoms with Crippen molar-refractivity contribution in [1.29, 1.82) is 0 Å². The van der Waals surface area contributed by atoms with Crippen LogP contribution >= 0.6 is 11.3 Å². The van der Waals surface area contributed by atoms with E-state index >= 15 is 0 Å². The first-order valence-corrected chi connectivity index (χ1v) is 6.13. The summed E-state index contributed by atoms with van der Waals surface area (Å²) in [5, 5.41) is 15.7. The van der Waals surface area contributed by atoms with Crippen molar-refractivity contribution in [1.82, 2.24) is 4.98 Å². The summed E-state index contributed by atoms with van der Waals surface area (Å²) in [7, 11) is 0. The Hall–Kier alpha value is -2.15. The molecule has 0 aliphatic carbocycles. The number of nitrogen functional groups attached to an aromatic ring is 1. The van der Waals surface area contributed by atoms with Crippen molar-refractivity contribution in [2.45, 2.75) is 13.5 Å². The molecular formula is C11H12N4O2S. The zero-order chi connectivity index (χ0) is 13.1. The van der Waals surface area contributed by atoms with Gasteiger partial charge < -0.3 is 11.1 Å². The van der Waals surface area contributed by atoms with Crippen LogP contribution in [0.2, 0.25) is 0 Å². The van der Waals surface area contributed by atoms with E-state index in [0.717, 1.165) is 0 Å². The molecule has 0 bridgehead atoms. The maximum absolute atomic E-state index is 10.6. The molecule has 0 aromatic carbocycles. The van der Waals surface area contributed by atoms with Gasteiger partial charge in [-0.2, -0.15) is 0 Å². The van der Waals surface area contributed by atoms with Crippen molar-refractivity contribution in [2.75, 3.05) is 11.1 Å². The minimum atomic E-state index is -0.546. The van der Waals surface area contributed by atoms with E-state index in [1.165, 1.54) is 16.5 Å². The number of hydrogen-bond donors (Lipinski definition) is 2. The van der Waals surface area contributed by atoms with Crippen LogP contribution < -0.4 is 11.1 Å². The highest BCUT2D eigenvalue weighted by Crippen LogP contribution is 2.22. The smallest absolute Gasteiger partial charge is 0.311 e. The molecule has 0 spiro atoms. The van der Waals surface area contributed by atoms with Gasteiger partial charge >= 0.3 is 5.69 Å². The summed E-state index contributed by atoms with van der Waals surface area (Å²) in [6.45, 7) is 2.67. The molecule has 0 saturated heterocycles. The van der Waals surface area contributed by atoms with Gasteiger partial charge in [-0.3, -0.25) is 10.1 Å². The Kier molecular flexibility index (Phi) is 3.42. The van der Waals surface area contributed by atoms with Gasteiger partial charge in [-0.05, 0) is 30.0 Å². The molecule has 18 heavy (non-hydrogen) atoms. The fraction of sp³-hybridized carbons (Fsp3) is 0.182. The third kappa shape index (κ3) is 2.57. The molecule has 2 heterocycles. The zero-order valence-electron chi connectivity index (χ0n) is 9.71. The Bertz CT molecular complexity index is 582. The summed E-state index contributed by atoms with van der Waals surface area (Å²) in [6.07, 6.45) is 0. The van der Waals surface area contributed by atoms with E-state index in [9.17, 15) is 10.1 Å². The van der Waals surface area contributed by atoms with E-state index in [1.807, 2.05) is 18.4 Å². The monoisotopic (exact) mass is 264 g/mol. The number of nitrogens with two attached hydrogens (primary N) is 1. The SMILES string of the molecule is Cc1ccsc1CNc1ccc([N+](=O)[O-])c(N)n1. The fourth-order valence-electron chi connectivity index (χ4n) is 1.48. The lowest BCUT2D eigenvalue weighted by Crippen LogP contribution is -2.04. The number of pyridine rings is 1. The highest BCUT2D eigenvalue weighted by Gasteiger charge is 2.12. The standard InChI is InChI=1S/C11H12N4O2S/c1-7-4-5-18-9(7)6-13-10-3-2-8(15(16)17)11(12)14-10/h2-5H,6H2,1H3,(H3,12,13,14). The number of nitrogens with zero attached hydrogens (tertiary/aromatic N) is 2. The van der Waals surface area contributed by atoms with Crippen LogP contribution in [0.3, 0.4) is 0 Å². The van der Waals surface area contributed by atoms with E-state index in [1.54, 1.807) is 17.4 Å². The summed E-state index contributed by atoms with van der Waals surface area (Å²) in [4.78, 5) is 15.2. The topological polar surface area (TPSA) is 94.1 Å². The molecule has 0 radical (unpaired) electrons. The van der Waals surface area contributed by atoms with Gasteiger partial charge in [-0.1, -0.05) is 0 Å². The molecule has 0 aliphatic heterocycles. The van der Waals surface area contributed by atoms with Crippen molar-refractivity contribution in [3.8, 4) is 0 Å². The van der Waals surface area contributed by atoms with Crippen molar-refractivity contribution in [3.63, 3.8) is 0 Å². The maximum Gasteiger partial charge on any atom is 0.311 e. The predicted octanol–water partition coefficient (Wildman–Crippen LogP) is 2.55. The molecule has 7 heteroatoms. The van der Waals surface area contributed by atoms with Crippen LogP contribution in [-0.4, -0.2) is 9.91 Å². The second kappa shape index (κ2) is 5.01. The quantitative estimate of drug-likeness (QED) is 0.653. The lowest BCUT2D eigenvalue weighted by Gasteiger charge is -2.05. The first kappa shape index (κ1) is 12.3. The normalized spacial score (nSPS) is 10.3. The molecule has 6 nitrogen and oxygen atoms in total. The van der Waals surface area contributed by atoms with Gasteiger partial charge in [0.1, 0.15) is 5.82 Å². The molecule has 2 rings (SSSR count). The molecule has 0 aliphatic rings. The number of hydrogen-bond acceptors (Lipinski definition) is 6. The summed E-state index contributed by atoms with van der Waals surface area (Å²) >= 11 is 1.65. The van der Waals surface area contributed by atoms with Crippen LogP contribution in [0.4, 0.5) is 17.3 Å². The molecule has 94 valence electrons. The lowest BCUT2D eigenvalue weighted by atomic mass is 10.3. The second-order valence-corrected chi connectivity index (χ2v) is 4.74. The number of anilines is 2. The van der Waals surface area contributed by atoms with E-state index < -0.39 is 4.92 Å². The lowest BCUT2D eigenvalue weighted by molar-refractivity contribution is -0.384. The van der Waals surface area contributed by atoms with Crippen molar-refractivity contribution >= 4 is 28.7 Å². The van der Waals surface area contributed by atoms with E-state index in [-0.39, 0.29) is 11.5 Å². The molecule has 3 N–H and O–H groups in total. The summed E-state index contributed by atoms with van der Waals surface area (Å²) in [6, 6.07) is 4.95. The van der Waals surface area contributed by atoms with Crippen LogP contribution in [0, 0.1) is 17.0 Å². The highest BCUT2D eigenvalue weighted by molar-refractivity contribution is 7.10. The third-order valence-corrected chi connectivity index (χ3v) is 3.52. The van der Waals surface area contributed by atoms with Crippen LogP contribution in [0.5, 0.6) is 0 Å². The summed E-state index contributed by atoms with van der Waals surface area (Å²) in [5.41, 5.74) is 6.55. The number of nitrogens with one attached hydrogen (secondary N) is 1. The molecule has 0 atom stereocenters. The number of rotatable bonds is 4. The average molecular weight is 264 g/mol. The van der Waals surface area contributed by atoms with E-state index in [0.29, 0.717) is 12.4 Å². The van der Waals surface area contributed by atoms with Gasteiger partial charge in [0.25, 0.3) is 0 Å². The summed E-state index contributed by atoms with van der Waals surface area (Å²) in [5.74, 6) is 0.457. The van der Waals surface area contributed by atoms with Gasteiger partial charge in [0.05, 0.1) is 11.5 Å². The molecule has 2 aromatic rings.